The second kappa shape index (κ2) is 7.30. The Bertz CT molecular complexity index is 938. The van der Waals surface area contributed by atoms with Crippen LogP contribution in [0.3, 0.4) is 0 Å². The summed E-state index contributed by atoms with van der Waals surface area (Å²) in [4.78, 5) is 34.2. The van der Waals surface area contributed by atoms with E-state index in [1.54, 1.807) is 30.1 Å². The van der Waals surface area contributed by atoms with E-state index in [1.165, 1.54) is 12.5 Å². The lowest BCUT2D eigenvalue weighted by Gasteiger charge is -2.21. The van der Waals surface area contributed by atoms with Crippen LogP contribution in [0, 0.1) is 5.92 Å². The van der Waals surface area contributed by atoms with Gasteiger partial charge in [-0.1, -0.05) is 26.0 Å². The van der Waals surface area contributed by atoms with Gasteiger partial charge < -0.3 is 10.3 Å². The molecule has 1 atom stereocenters. The summed E-state index contributed by atoms with van der Waals surface area (Å²) in [6.45, 7) is 4.04. The van der Waals surface area contributed by atoms with Gasteiger partial charge in [0.1, 0.15) is 12.2 Å². The Labute approximate surface area is 150 Å². The number of carbonyl (C=O) groups excluding carboxylic acids is 1. The summed E-state index contributed by atoms with van der Waals surface area (Å²) >= 11 is 0. The summed E-state index contributed by atoms with van der Waals surface area (Å²) < 4.78 is 1.66. The van der Waals surface area contributed by atoms with Gasteiger partial charge in [-0.2, -0.15) is 5.10 Å². The van der Waals surface area contributed by atoms with Gasteiger partial charge in [0.2, 0.25) is 0 Å². The number of amides is 1. The molecular weight excluding hydrogens is 332 g/mol. The van der Waals surface area contributed by atoms with Crippen LogP contribution in [0.25, 0.3) is 11.1 Å². The minimum Gasteiger partial charge on any atom is -0.342 e. The number of aryl methyl sites for hydroxylation is 1. The molecule has 3 rings (SSSR count). The zero-order chi connectivity index (χ0) is 18.7. The molecule has 2 heterocycles. The Balaban J connectivity index is 1.78. The van der Waals surface area contributed by atoms with Crippen molar-refractivity contribution < 1.29 is 4.79 Å². The third kappa shape index (κ3) is 3.69. The monoisotopic (exact) mass is 352 g/mol. The van der Waals surface area contributed by atoms with Gasteiger partial charge in [0.25, 0.3) is 5.91 Å². The van der Waals surface area contributed by atoms with Crippen LogP contribution in [0.5, 0.6) is 0 Å². The maximum absolute atomic E-state index is 12.6. The molecule has 134 valence electrons. The number of rotatable bonds is 5. The van der Waals surface area contributed by atoms with Gasteiger partial charge in [-0.05, 0) is 23.6 Å². The lowest BCUT2D eigenvalue weighted by Crippen LogP contribution is -2.33. The van der Waals surface area contributed by atoms with Gasteiger partial charge >= 0.3 is 5.69 Å². The van der Waals surface area contributed by atoms with Crippen molar-refractivity contribution in [3.05, 3.63) is 64.9 Å². The summed E-state index contributed by atoms with van der Waals surface area (Å²) in [7, 11) is 1.80. The number of hydrogen-bond acceptors (Lipinski definition) is 5. The fourth-order valence-electron chi connectivity index (χ4n) is 2.65. The maximum atomic E-state index is 12.6. The van der Waals surface area contributed by atoms with Crippen molar-refractivity contribution in [2.24, 2.45) is 13.0 Å². The fourth-order valence-corrected chi connectivity index (χ4v) is 2.65. The molecule has 0 bridgehead atoms. The average Bonchev–Trinajstić information content (AvgIpc) is 3.05. The van der Waals surface area contributed by atoms with Crippen LogP contribution < -0.4 is 11.0 Å². The van der Waals surface area contributed by atoms with Gasteiger partial charge in [-0.25, -0.2) is 14.8 Å². The first-order valence-electron chi connectivity index (χ1n) is 8.25. The van der Waals surface area contributed by atoms with Gasteiger partial charge in [0.05, 0.1) is 6.04 Å². The average molecular weight is 352 g/mol. The van der Waals surface area contributed by atoms with Crippen molar-refractivity contribution >= 4 is 5.91 Å². The SMILES string of the molecule is CC(C)[C@H](NC(=O)c1ccc(-c2cnc(=O)[nH]c2)cc1)c1ncnn1C. The molecule has 0 aliphatic carbocycles. The van der Waals surface area contributed by atoms with Gasteiger partial charge in [-0.3, -0.25) is 9.48 Å². The summed E-state index contributed by atoms with van der Waals surface area (Å²) in [5.41, 5.74) is 1.78. The van der Waals surface area contributed by atoms with E-state index in [1.807, 2.05) is 26.0 Å². The molecular formula is C18H20N6O2. The number of aromatic amines is 1. The predicted molar refractivity (Wildman–Crippen MR) is 96.3 cm³/mol. The Morgan fingerprint density at radius 1 is 1.15 bits per heavy atom. The van der Waals surface area contributed by atoms with Crippen LogP contribution in [0.15, 0.2) is 47.8 Å². The van der Waals surface area contributed by atoms with Gasteiger partial charge in [0, 0.05) is 30.6 Å². The first-order valence-corrected chi connectivity index (χ1v) is 8.25. The van der Waals surface area contributed by atoms with Gasteiger partial charge in [0.15, 0.2) is 0 Å². The molecule has 0 fully saturated rings. The smallest absolute Gasteiger partial charge is 0.342 e. The third-order valence-corrected chi connectivity index (χ3v) is 4.13. The maximum Gasteiger partial charge on any atom is 0.344 e. The molecule has 8 heteroatoms. The first-order chi connectivity index (χ1) is 12.5. The molecule has 2 aromatic heterocycles. The Hall–Kier alpha value is -3.29. The Morgan fingerprint density at radius 2 is 1.88 bits per heavy atom. The van der Waals surface area contributed by atoms with E-state index in [9.17, 15) is 9.59 Å². The van der Waals surface area contributed by atoms with Crippen LogP contribution >= 0.6 is 0 Å². The normalized spacial score (nSPS) is 12.2. The van der Waals surface area contributed by atoms with Crippen molar-refractivity contribution in [2.75, 3.05) is 0 Å². The number of hydrogen-bond donors (Lipinski definition) is 2. The van der Waals surface area contributed by atoms with Crippen LogP contribution in [-0.2, 0) is 7.05 Å². The van der Waals surface area contributed by atoms with Crippen molar-refractivity contribution in [3.8, 4) is 11.1 Å². The summed E-state index contributed by atoms with van der Waals surface area (Å²) in [5.74, 6) is 0.690. The van der Waals surface area contributed by atoms with E-state index >= 15 is 0 Å². The van der Waals surface area contributed by atoms with E-state index in [0.717, 1.165) is 11.1 Å². The zero-order valence-electron chi connectivity index (χ0n) is 14.8. The molecule has 3 aromatic rings. The molecule has 0 saturated carbocycles. The van der Waals surface area contributed by atoms with E-state index in [-0.39, 0.29) is 17.9 Å². The summed E-state index contributed by atoms with van der Waals surface area (Å²) in [6.07, 6.45) is 4.56. The quantitative estimate of drug-likeness (QED) is 0.727. The molecule has 0 spiro atoms. The highest BCUT2D eigenvalue weighted by Gasteiger charge is 2.23. The minimum atomic E-state index is -0.395. The van der Waals surface area contributed by atoms with E-state index in [0.29, 0.717) is 11.4 Å². The summed E-state index contributed by atoms with van der Waals surface area (Å²) in [5, 5.41) is 7.09. The highest BCUT2D eigenvalue weighted by molar-refractivity contribution is 5.94. The third-order valence-electron chi connectivity index (χ3n) is 4.13. The van der Waals surface area contributed by atoms with Gasteiger partial charge in [-0.15, -0.1) is 0 Å². The lowest BCUT2D eigenvalue weighted by atomic mass is 10.0. The van der Waals surface area contributed by atoms with Crippen LogP contribution in [0.2, 0.25) is 0 Å². The molecule has 1 aromatic carbocycles. The molecule has 0 aliphatic heterocycles. The summed E-state index contributed by atoms with van der Waals surface area (Å²) in [6, 6.07) is 6.87. The van der Waals surface area contributed by atoms with Crippen molar-refractivity contribution in [1.29, 1.82) is 0 Å². The molecule has 8 nitrogen and oxygen atoms in total. The number of nitrogens with one attached hydrogen (secondary N) is 2. The lowest BCUT2D eigenvalue weighted by molar-refractivity contribution is 0.0922. The van der Waals surface area contributed by atoms with Crippen LogP contribution in [0.4, 0.5) is 0 Å². The second-order valence-electron chi connectivity index (χ2n) is 6.32. The van der Waals surface area contributed by atoms with Crippen LogP contribution in [-0.4, -0.2) is 30.6 Å². The molecule has 0 aliphatic rings. The predicted octanol–water partition coefficient (Wildman–Crippen LogP) is 1.69. The van der Waals surface area contributed by atoms with E-state index in [2.05, 4.69) is 25.4 Å². The fraction of sp³-hybridized carbons (Fsp3) is 0.278. The van der Waals surface area contributed by atoms with Crippen molar-refractivity contribution in [2.45, 2.75) is 19.9 Å². The zero-order valence-corrected chi connectivity index (χ0v) is 14.8. The Kier molecular flexibility index (Phi) is 4.92. The van der Waals surface area contributed by atoms with E-state index < -0.39 is 5.69 Å². The number of nitrogens with zero attached hydrogens (tertiary/aromatic N) is 4. The van der Waals surface area contributed by atoms with Crippen molar-refractivity contribution in [3.63, 3.8) is 0 Å². The minimum absolute atomic E-state index is 0.161. The number of benzene rings is 1. The molecule has 1 amide bonds. The van der Waals surface area contributed by atoms with Crippen molar-refractivity contribution in [1.82, 2.24) is 30.0 Å². The largest absolute Gasteiger partial charge is 0.344 e. The molecule has 0 saturated heterocycles. The number of aromatic nitrogens is 5. The standard InChI is InChI=1S/C18H20N6O2/c1-11(2)15(16-21-10-22-24(16)3)23-17(25)13-6-4-12(5-7-13)14-8-19-18(26)20-9-14/h4-11,15H,1-3H3,(H,23,25)(H,19,20,26)/t15-/m0/s1. The second-order valence-corrected chi connectivity index (χ2v) is 6.32. The Morgan fingerprint density at radius 3 is 2.42 bits per heavy atom. The highest BCUT2D eigenvalue weighted by Crippen LogP contribution is 2.21. The first kappa shape index (κ1) is 17.5. The number of H-pyrrole nitrogens is 1. The number of carbonyl (C=O) groups is 1. The molecule has 26 heavy (non-hydrogen) atoms. The van der Waals surface area contributed by atoms with E-state index in [4.69, 9.17) is 0 Å². The van der Waals surface area contributed by atoms with Crippen LogP contribution in [0.1, 0.15) is 36.1 Å². The topological polar surface area (TPSA) is 106 Å². The highest BCUT2D eigenvalue weighted by atomic mass is 16.2. The molecule has 2 N–H and O–H groups in total. The molecule has 0 unspecified atom stereocenters. The molecule has 0 radical (unpaired) electrons.